The van der Waals surface area contributed by atoms with Crippen LogP contribution in [-0.4, -0.2) is 11.0 Å². The number of carbonyl (C=O) groups excluding carboxylic acids is 1. The molecule has 0 saturated heterocycles. The highest BCUT2D eigenvalue weighted by atomic mass is 16.5. The van der Waals surface area contributed by atoms with Crippen molar-refractivity contribution >= 4 is 5.97 Å². The zero-order valence-electron chi connectivity index (χ0n) is 23.9. The molecular weight excluding hydrogens is 454 g/mol. The minimum absolute atomic E-state index is 0.133. The summed E-state index contributed by atoms with van der Waals surface area (Å²) in [5.41, 5.74) is 0.927. The van der Waals surface area contributed by atoms with E-state index in [2.05, 4.69) is 48.4 Å². The van der Waals surface area contributed by atoms with Crippen LogP contribution in [0.2, 0.25) is 0 Å². The van der Waals surface area contributed by atoms with Crippen LogP contribution < -0.4 is 0 Å². The molecule has 1 aromatic heterocycles. The second kappa shape index (κ2) is 26.9. The summed E-state index contributed by atoms with van der Waals surface area (Å²) >= 11 is 0. The molecule has 3 nitrogen and oxygen atoms in total. The van der Waals surface area contributed by atoms with Gasteiger partial charge in [0.15, 0.2) is 0 Å². The normalized spacial score (nSPS) is 11.8. The van der Waals surface area contributed by atoms with Crippen LogP contribution >= 0.6 is 0 Å². The molecule has 0 aliphatic carbocycles. The fourth-order valence-electron chi connectivity index (χ4n) is 4.26. The van der Waals surface area contributed by atoms with Crippen LogP contribution in [0.15, 0.2) is 61.0 Å². The molecule has 0 aliphatic rings. The van der Waals surface area contributed by atoms with Gasteiger partial charge in [0.05, 0.1) is 0 Å². The van der Waals surface area contributed by atoms with E-state index >= 15 is 0 Å². The molecule has 1 rings (SSSR count). The van der Waals surface area contributed by atoms with E-state index in [4.69, 9.17) is 4.74 Å². The number of allylic oxidation sites excluding steroid dienone is 6. The lowest BCUT2D eigenvalue weighted by Gasteiger charge is -2.03. The molecule has 0 saturated carbocycles. The molecule has 0 amide bonds. The van der Waals surface area contributed by atoms with Gasteiger partial charge in [0.25, 0.3) is 0 Å². The molecule has 0 unspecified atom stereocenters. The molecule has 0 N–H and O–H groups in total. The lowest BCUT2D eigenvalue weighted by Crippen LogP contribution is -2.04. The maximum absolute atomic E-state index is 11.8. The van der Waals surface area contributed by atoms with E-state index < -0.39 is 0 Å². The Morgan fingerprint density at radius 1 is 0.676 bits per heavy atom. The predicted molar refractivity (Wildman–Crippen MR) is 159 cm³/mol. The van der Waals surface area contributed by atoms with Crippen LogP contribution in [0.4, 0.5) is 0 Å². The van der Waals surface area contributed by atoms with E-state index in [0.29, 0.717) is 13.0 Å². The Morgan fingerprint density at radius 3 is 1.68 bits per heavy atom. The first-order valence-corrected chi connectivity index (χ1v) is 15.3. The van der Waals surface area contributed by atoms with Gasteiger partial charge in [0, 0.05) is 24.4 Å². The van der Waals surface area contributed by atoms with Crippen molar-refractivity contribution in [2.24, 2.45) is 0 Å². The van der Waals surface area contributed by atoms with Gasteiger partial charge in [-0.3, -0.25) is 9.78 Å². The minimum Gasteiger partial charge on any atom is -0.461 e. The number of hydrogen-bond acceptors (Lipinski definition) is 3. The van der Waals surface area contributed by atoms with Crippen molar-refractivity contribution in [3.63, 3.8) is 0 Å². The van der Waals surface area contributed by atoms with E-state index in [-0.39, 0.29) is 5.97 Å². The van der Waals surface area contributed by atoms with E-state index in [0.717, 1.165) is 31.2 Å². The molecular formula is C34H55NO2. The van der Waals surface area contributed by atoms with Crippen molar-refractivity contribution in [3.05, 3.63) is 66.5 Å². The number of aromatic nitrogens is 1. The molecule has 208 valence electrons. The SMILES string of the molecule is CCCCCCCC/C=C/CCCCCCCC/C=C/CC/C=C/CCCC(=O)OCc1cccnc1. The molecule has 1 heterocycles. The average molecular weight is 510 g/mol. The van der Waals surface area contributed by atoms with Crippen molar-refractivity contribution in [1.82, 2.24) is 4.98 Å². The molecule has 0 bridgehead atoms. The second-order valence-corrected chi connectivity index (χ2v) is 10.2. The standard InChI is InChI=1S/C34H55NO2/c1-2-3-4-5-6-7-8-9-10-11-12-13-14-15-16-17-18-19-20-21-22-23-24-25-26-29-34(36)37-32-33-28-27-30-35-31-33/h9-10,19-20,23-24,27-28,30-31H,2-8,11-18,21-22,25-26,29,32H2,1H3/b10-9+,20-19+,24-23+. The van der Waals surface area contributed by atoms with Crippen LogP contribution in [0.1, 0.15) is 141 Å². The fourth-order valence-corrected chi connectivity index (χ4v) is 4.26. The Labute approximate surface area is 228 Å². The lowest BCUT2D eigenvalue weighted by atomic mass is 10.1. The summed E-state index contributed by atoms with van der Waals surface area (Å²) in [5.74, 6) is -0.133. The van der Waals surface area contributed by atoms with E-state index in [1.54, 1.807) is 12.4 Å². The first-order chi connectivity index (χ1) is 18.3. The number of nitrogens with zero attached hydrogens (tertiary/aromatic N) is 1. The van der Waals surface area contributed by atoms with E-state index in [1.165, 1.54) is 96.3 Å². The van der Waals surface area contributed by atoms with Gasteiger partial charge in [-0.1, -0.05) is 107 Å². The first kappa shape index (κ1) is 32.9. The van der Waals surface area contributed by atoms with Gasteiger partial charge in [-0.2, -0.15) is 0 Å². The molecule has 1 aromatic rings. The Hall–Kier alpha value is -2.16. The molecule has 3 heteroatoms. The maximum atomic E-state index is 11.8. The quantitative estimate of drug-likeness (QED) is 0.0747. The number of rotatable bonds is 25. The third-order valence-corrected chi connectivity index (χ3v) is 6.59. The van der Waals surface area contributed by atoms with Gasteiger partial charge in [-0.15, -0.1) is 0 Å². The molecule has 0 spiro atoms. The highest BCUT2D eigenvalue weighted by Gasteiger charge is 2.02. The van der Waals surface area contributed by atoms with Crippen LogP contribution in [0.5, 0.6) is 0 Å². The zero-order valence-corrected chi connectivity index (χ0v) is 23.9. The second-order valence-electron chi connectivity index (χ2n) is 10.2. The summed E-state index contributed by atoms with van der Waals surface area (Å²) in [6.07, 6.45) is 42.1. The summed E-state index contributed by atoms with van der Waals surface area (Å²) in [5, 5.41) is 0. The smallest absolute Gasteiger partial charge is 0.306 e. The summed E-state index contributed by atoms with van der Waals surface area (Å²) < 4.78 is 5.27. The summed E-state index contributed by atoms with van der Waals surface area (Å²) in [4.78, 5) is 15.8. The van der Waals surface area contributed by atoms with Crippen LogP contribution in [-0.2, 0) is 16.1 Å². The fraction of sp³-hybridized carbons (Fsp3) is 0.647. The lowest BCUT2D eigenvalue weighted by molar-refractivity contribution is -0.145. The van der Waals surface area contributed by atoms with Gasteiger partial charge in [-0.05, 0) is 70.3 Å². The first-order valence-electron chi connectivity index (χ1n) is 15.3. The Bertz CT molecular complexity index is 708. The highest BCUT2D eigenvalue weighted by molar-refractivity contribution is 5.69. The topological polar surface area (TPSA) is 39.2 Å². The van der Waals surface area contributed by atoms with Gasteiger partial charge in [0.2, 0.25) is 0 Å². The summed E-state index contributed by atoms with van der Waals surface area (Å²) in [7, 11) is 0. The maximum Gasteiger partial charge on any atom is 0.306 e. The van der Waals surface area contributed by atoms with Gasteiger partial charge < -0.3 is 4.74 Å². The number of carbonyl (C=O) groups is 1. The van der Waals surface area contributed by atoms with Crippen LogP contribution in [0.25, 0.3) is 0 Å². The largest absolute Gasteiger partial charge is 0.461 e. The van der Waals surface area contributed by atoms with E-state index in [9.17, 15) is 4.79 Å². The van der Waals surface area contributed by atoms with Crippen molar-refractivity contribution in [3.8, 4) is 0 Å². The van der Waals surface area contributed by atoms with Gasteiger partial charge >= 0.3 is 5.97 Å². The van der Waals surface area contributed by atoms with Crippen LogP contribution in [0.3, 0.4) is 0 Å². The zero-order chi connectivity index (χ0) is 26.5. The van der Waals surface area contributed by atoms with E-state index in [1.807, 2.05) is 12.1 Å². The molecule has 0 aliphatic heterocycles. The molecule has 0 aromatic carbocycles. The number of esters is 1. The van der Waals surface area contributed by atoms with Crippen molar-refractivity contribution < 1.29 is 9.53 Å². The van der Waals surface area contributed by atoms with Crippen molar-refractivity contribution in [2.45, 2.75) is 142 Å². The van der Waals surface area contributed by atoms with Gasteiger partial charge in [0.1, 0.15) is 6.61 Å². The number of ether oxygens (including phenoxy) is 1. The predicted octanol–water partition coefficient (Wildman–Crippen LogP) is 10.6. The van der Waals surface area contributed by atoms with Crippen molar-refractivity contribution in [2.75, 3.05) is 0 Å². The molecule has 0 fully saturated rings. The minimum atomic E-state index is -0.133. The van der Waals surface area contributed by atoms with Crippen molar-refractivity contribution in [1.29, 1.82) is 0 Å². The molecule has 0 radical (unpaired) electrons. The highest BCUT2D eigenvalue weighted by Crippen LogP contribution is 2.11. The molecule has 0 atom stereocenters. The number of pyridine rings is 1. The Kier molecular flexibility index (Phi) is 23.9. The van der Waals surface area contributed by atoms with Crippen LogP contribution in [0, 0.1) is 0 Å². The molecule has 37 heavy (non-hydrogen) atoms. The Morgan fingerprint density at radius 2 is 1.16 bits per heavy atom. The van der Waals surface area contributed by atoms with Gasteiger partial charge in [-0.25, -0.2) is 0 Å². The third kappa shape index (κ3) is 24.0. The monoisotopic (exact) mass is 509 g/mol. The Balaban J connectivity index is 1.78. The number of unbranched alkanes of at least 4 members (excludes halogenated alkanes) is 15. The third-order valence-electron chi connectivity index (χ3n) is 6.59. The average Bonchev–Trinajstić information content (AvgIpc) is 2.92. The summed E-state index contributed by atoms with van der Waals surface area (Å²) in [6.45, 7) is 2.59. The number of hydrogen-bond donors (Lipinski definition) is 0. The summed E-state index contributed by atoms with van der Waals surface area (Å²) in [6, 6.07) is 3.76.